The molecule has 0 radical (unpaired) electrons. The van der Waals surface area contributed by atoms with E-state index in [-0.39, 0.29) is 28.2 Å². The van der Waals surface area contributed by atoms with Crippen LogP contribution in [0.1, 0.15) is 38.1 Å². The molecule has 4 heterocycles. The number of piperazine rings is 1. The fourth-order valence-corrected chi connectivity index (χ4v) is 6.05. The fraction of sp³-hybridized carbons (Fsp3) is 0.500. The van der Waals surface area contributed by atoms with E-state index < -0.39 is 27.0 Å². The zero-order valence-corrected chi connectivity index (χ0v) is 20.6. The van der Waals surface area contributed by atoms with Crippen molar-refractivity contribution in [3.05, 3.63) is 23.5 Å². The Hall–Kier alpha value is -2.75. The van der Waals surface area contributed by atoms with Gasteiger partial charge in [0.2, 0.25) is 10.0 Å². The van der Waals surface area contributed by atoms with E-state index in [4.69, 9.17) is 9.90 Å². The maximum absolute atomic E-state index is 13.2. The lowest BCUT2D eigenvalue weighted by molar-refractivity contribution is -0.122. The van der Waals surface area contributed by atoms with Gasteiger partial charge in [-0.3, -0.25) is 9.20 Å². The van der Waals surface area contributed by atoms with Gasteiger partial charge >= 0.3 is 0 Å². The quantitative estimate of drug-likeness (QED) is 0.409. The molecule has 3 aromatic rings. The van der Waals surface area contributed by atoms with E-state index in [1.807, 2.05) is 6.92 Å². The first-order valence-electron chi connectivity index (χ1n) is 10.8. The number of hydrogen-bond acceptors (Lipinski definition) is 9. The van der Waals surface area contributed by atoms with Crippen molar-refractivity contribution < 1.29 is 27.1 Å². The Bertz CT molecular complexity index is 1320. The molecule has 190 valence electrons. The first-order chi connectivity index (χ1) is 16.6. The van der Waals surface area contributed by atoms with Crippen LogP contribution in [0.15, 0.2) is 23.4 Å². The molecule has 0 bridgehead atoms. The van der Waals surface area contributed by atoms with Gasteiger partial charge in [0.25, 0.3) is 12.9 Å². The number of imidazole rings is 1. The molecule has 1 aliphatic carbocycles. The molecule has 15 heteroatoms. The van der Waals surface area contributed by atoms with Crippen molar-refractivity contribution in [3.63, 3.8) is 0 Å². The minimum absolute atomic E-state index is 0.0942. The van der Waals surface area contributed by atoms with Crippen LogP contribution in [0, 0.1) is 0 Å². The Balaban J connectivity index is 0.000000917. The summed E-state index contributed by atoms with van der Waals surface area (Å²) in [4.78, 5) is 15.0. The van der Waals surface area contributed by atoms with Crippen LogP contribution in [0.5, 0.6) is 0 Å². The second kappa shape index (κ2) is 9.72. The van der Waals surface area contributed by atoms with Crippen molar-refractivity contribution >= 4 is 39.0 Å². The third-order valence-electron chi connectivity index (χ3n) is 5.91. The second-order valence-corrected chi connectivity index (χ2v) is 11.4. The Morgan fingerprint density at radius 3 is 2.69 bits per heavy atom. The van der Waals surface area contributed by atoms with Crippen LogP contribution in [0.3, 0.4) is 0 Å². The third-order valence-corrected chi connectivity index (χ3v) is 8.45. The predicted octanol–water partition coefficient (Wildman–Crippen LogP) is 2.12. The van der Waals surface area contributed by atoms with Crippen molar-refractivity contribution in [1.82, 2.24) is 29.6 Å². The van der Waals surface area contributed by atoms with Crippen LogP contribution < -0.4 is 14.9 Å². The number of carboxylic acid groups (broad SMARTS) is 1. The molecular formula is C20H25F2N7O4S2. The van der Waals surface area contributed by atoms with Crippen LogP contribution >= 0.6 is 11.3 Å². The van der Waals surface area contributed by atoms with E-state index in [2.05, 4.69) is 37.0 Å². The smallest absolute Gasteiger partial charge is 0.291 e. The number of fused-ring (bicyclic) bond motifs is 1. The van der Waals surface area contributed by atoms with Gasteiger partial charge in [0.05, 0.1) is 17.4 Å². The Morgan fingerprint density at radius 1 is 1.37 bits per heavy atom. The minimum Gasteiger partial charge on any atom is -0.483 e. The van der Waals surface area contributed by atoms with Crippen molar-refractivity contribution in [3.8, 4) is 10.8 Å². The molecule has 0 spiro atoms. The molecule has 2 aliphatic rings. The van der Waals surface area contributed by atoms with Crippen LogP contribution in [-0.2, 0) is 14.8 Å². The minimum atomic E-state index is -3.80. The van der Waals surface area contributed by atoms with Crippen LogP contribution in [0.25, 0.3) is 16.3 Å². The summed E-state index contributed by atoms with van der Waals surface area (Å²) in [6, 6.07) is 1.80. The number of aromatic nitrogens is 4. The molecule has 3 aromatic heterocycles. The van der Waals surface area contributed by atoms with Gasteiger partial charge < -0.3 is 15.3 Å². The normalized spacial score (nSPS) is 19.5. The molecule has 11 nitrogen and oxygen atoms in total. The highest BCUT2D eigenvalue weighted by Gasteiger charge is 2.41. The fourth-order valence-electron chi connectivity index (χ4n) is 3.87. The summed E-state index contributed by atoms with van der Waals surface area (Å²) >= 11 is 0.745. The van der Waals surface area contributed by atoms with Gasteiger partial charge in [0.1, 0.15) is 4.90 Å². The highest BCUT2D eigenvalue weighted by molar-refractivity contribution is 7.89. The molecule has 0 unspecified atom stereocenters. The van der Waals surface area contributed by atoms with Gasteiger partial charge in [0, 0.05) is 37.4 Å². The van der Waals surface area contributed by atoms with Crippen molar-refractivity contribution in [2.75, 3.05) is 24.5 Å². The van der Waals surface area contributed by atoms with Crippen LogP contribution in [0.2, 0.25) is 0 Å². The average Bonchev–Trinajstić information content (AvgIpc) is 3.18. The van der Waals surface area contributed by atoms with Crippen LogP contribution in [-0.4, -0.2) is 70.8 Å². The maximum Gasteiger partial charge on any atom is 0.291 e. The summed E-state index contributed by atoms with van der Waals surface area (Å²) in [7, 11) is -3.80. The number of sulfonamides is 1. The zero-order chi connectivity index (χ0) is 25.4. The third kappa shape index (κ3) is 5.27. The number of nitrogens with zero attached hydrogens (tertiary/aromatic N) is 5. The number of nitrogens with one attached hydrogen (secondary N) is 2. The summed E-state index contributed by atoms with van der Waals surface area (Å²) < 4.78 is 56.9. The monoisotopic (exact) mass is 529 g/mol. The number of carbonyl (C=O) groups is 1. The molecule has 1 saturated carbocycles. The number of halogens is 2. The number of pyridine rings is 1. The predicted molar refractivity (Wildman–Crippen MR) is 125 cm³/mol. The zero-order valence-electron chi connectivity index (χ0n) is 19.0. The molecule has 5 rings (SSSR count). The van der Waals surface area contributed by atoms with Gasteiger partial charge in [-0.1, -0.05) is 11.3 Å². The first kappa shape index (κ1) is 25.3. The van der Waals surface area contributed by atoms with Crippen molar-refractivity contribution in [2.45, 2.75) is 49.6 Å². The van der Waals surface area contributed by atoms with Gasteiger partial charge in [-0.15, -0.1) is 10.2 Å². The van der Waals surface area contributed by atoms with Gasteiger partial charge in [0.15, 0.2) is 15.8 Å². The summed E-state index contributed by atoms with van der Waals surface area (Å²) in [6.07, 6.45) is 1.94. The first-order valence-corrected chi connectivity index (χ1v) is 13.1. The number of hydrogen-bond donors (Lipinski definition) is 3. The number of rotatable bonds is 6. The lowest BCUT2D eigenvalue weighted by Gasteiger charge is -2.36. The Labute approximate surface area is 204 Å². The van der Waals surface area contributed by atoms with Crippen molar-refractivity contribution in [1.29, 1.82) is 0 Å². The second-order valence-electron chi connectivity index (χ2n) is 8.66. The topological polar surface area (TPSA) is 142 Å². The molecule has 35 heavy (non-hydrogen) atoms. The molecule has 1 saturated heterocycles. The molecule has 2 fully saturated rings. The molecular weight excluding hydrogens is 504 g/mol. The number of anilines is 1. The maximum atomic E-state index is 13.2. The highest BCUT2D eigenvalue weighted by Crippen LogP contribution is 2.37. The molecule has 3 N–H and O–H groups in total. The average molecular weight is 530 g/mol. The van der Waals surface area contributed by atoms with E-state index in [0.717, 1.165) is 43.0 Å². The van der Waals surface area contributed by atoms with E-state index >= 15 is 0 Å². The summed E-state index contributed by atoms with van der Waals surface area (Å²) in [5.41, 5.74) is 0.971. The Kier molecular flexibility index (Phi) is 7.04. The lowest BCUT2D eigenvalue weighted by Crippen LogP contribution is -2.50. The standard InChI is InChI=1S/C19H23F2N7O2S2.CH2O2/c1-11-8-22-5-6-27(11)13-7-12(32(29,30)26-19(2)3-4-19)10-28-14(13)9-23-16(28)18-25-24-17(31-18)15(20)21;2-1-3/h7,9-11,15,22,26H,3-6,8H2,1-2H3;1H,(H,2,3)/t11-;/m1./s1. The van der Waals surface area contributed by atoms with E-state index in [9.17, 15) is 17.2 Å². The van der Waals surface area contributed by atoms with Crippen LogP contribution in [0.4, 0.5) is 14.5 Å². The SMILES string of the molecule is C[C@@H]1CNCCN1c1cc(S(=O)(=O)NC2(C)CC2)cn2c(-c3nnc(C(F)F)s3)ncc12.O=CO. The largest absolute Gasteiger partial charge is 0.483 e. The van der Waals surface area contributed by atoms with E-state index in [1.165, 1.54) is 6.20 Å². The van der Waals surface area contributed by atoms with E-state index in [1.54, 1.807) is 16.7 Å². The highest BCUT2D eigenvalue weighted by atomic mass is 32.2. The molecule has 0 amide bonds. The van der Waals surface area contributed by atoms with Gasteiger partial charge in [-0.05, 0) is 32.8 Å². The summed E-state index contributed by atoms with van der Waals surface area (Å²) in [5.74, 6) is 0.281. The molecule has 0 aromatic carbocycles. The van der Waals surface area contributed by atoms with Crippen molar-refractivity contribution in [2.24, 2.45) is 0 Å². The van der Waals surface area contributed by atoms with Gasteiger partial charge in [-0.2, -0.15) is 0 Å². The lowest BCUT2D eigenvalue weighted by atomic mass is 10.2. The Morgan fingerprint density at radius 2 is 2.09 bits per heavy atom. The molecule has 1 aliphatic heterocycles. The summed E-state index contributed by atoms with van der Waals surface area (Å²) in [5, 5.41) is 17.4. The van der Waals surface area contributed by atoms with E-state index in [0.29, 0.717) is 12.1 Å². The molecule has 1 atom stereocenters. The number of alkyl halides is 2. The summed E-state index contributed by atoms with van der Waals surface area (Å²) in [6.45, 7) is 5.90. The van der Waals surface area contributed by atoms with Gasteiger partial charge in [-0.25, -0.2) is 26.9 Å².